The second kappa shape index (κ2) is 5.38. The van der Waals surface area contributed by atoms with Crippen LogP contribution in [-0.4, -0.2) is 0 Å². The van der Waals surface area contributed by atoms with Crippen molar-refractivity contribution < 1.29 is 9.13 Å². The van der Waals surface area contributed by atoms with Crippen molar-refractivity contribution in [2.45, 2.75) is 13.0 Å². The maximum atomic E-state index is 13.0. The molecule has 0 saturated carbocycles. The minimum Gasteiger partial charge on any atom is -0.457 e. The molecule has 0 aliphatic heterocycles. The predicted molar refractivity (Wildman–Crippen MR) is 70.5 cm³/mol. The van der Waals surface area contributed by atoms with Gasteiger partial charge in [-0.05, 0) is 25.1 Å². The predicted octanol–water partition coefficient (Wildman–Crippen LogP) is 4.29. The van der Waals surface area contributed by atoms with Crippen LogP contribution in [0.3, 0.4) is 0 Å². The standard InChI is InChI=1S/C14H13ClFNO/c1-9(17)11-4-2-3-5-14(11)18-10-6-7-13(16)12(15)8-10/h2-9H,17H2,1H3/t9-/m1/s1. The number of nitrogens with two attached hydrogens (primary N) is 1. The van der Waals surface area contributed by atoms with Crippen LogP contribution in [0.5, 0.6) is 11.5 Å². The molecular formula is C14H13ClFNO. The van der Waals surface area contributed by atoms with E-state index in [1.807, 2.05) is 31.2 Å². The van der Waals surface area contributed by atoms with E-state index in [9.17, 15) is 4.39 Å². The van der Waals surface area contributed by atoms with E-state index in [1.165, 1.54) is 18.2 Å². The average Bonchev–Trinajstić information content (AvgIpc) is 2.34. The highest BCUT2D eigenvalue weighted by atomic mass is 35.5. The second-order valence-corrected chi connectivity index (χ2v) is 4.41. The highest BCUT2D eigenvalue weighted by Crippen LogP contribution is 2.30. The Morgan fingerprint density at radius 3 is 2.61 bits per heavy atom. The first-order valence-corrected chi connectivity index (χ1v) is 5.93. The molecule has 2 aromatic rings. The summed E-state index contributed by atoms with van der Waals surface area (Å²) in [6.45, 7) is 1.87. The minimum atomic E-state index is -0.468. The summed E-state index contributed by atoms with van der Waals surface area (Å²) in [5.41, 5.74) is 6.74. The summed E-state index contributed by atoms with van der Waals surface area (Å²) in [7, 11) is 0. The highest BCUT2D eigenvalue weighted by Gasteiger charge is 2.09. The van der Waals surface area contributed by atoms with E-state index >= 15 is 0 Å². The fraction of sp³-hybridized carbons (Fsp3) is 0.143. The smallest absolute Gasteiger partial charge is 0.142 e. The average molecular weight is 266 g/mol. The molecule has 0 aliphatic rings. The van der Waals surface area contributed by atoms with E-state index in [2.05, 4.69) is 0 Å². The van der Waals surface area contributed by atoms with Crippen LogP contribution < -0.4 is 10.5 Å². The number of rotatable bonds is 3. The van der Waals surface area contributed by atoms with Crippen LogP contribution in [0.25, 0.3) is 0 Å². The van der Waals surface area contributed by atoms with E-state index in [0.717, 1.165) is 5.56 Å². The Morgan fingerprint density at radius 2 is 1.94 bits per heavy atom. The summed E-state index contributed by atoms with van der Waals surface area (Å²) in [5, 5.41) is 0.0331. The Bertz CT molecular complexity index is 557. The molecular weight excluding hydrogens is 253 g/mol. The third-order valence-corrected chi connectivity index (χ3v) is 2.82. The van der Waals surface area contributed by atoms with Gasteiger partial charge in [-0.2, -0.15) is 0 Å². The van der Waals surface area contributed by atoms with Gasteiger partial charge in [-0.25, -0.2) is 4.39 Å². The SMILES string of the molecule is C[C@@H](N)c1ccccc1Oc1ccc(F)c(Cl)c1. The van der Waals surface area contributed by atoms with Crippen molar-refractivity contribution in [2.75, 3.05) is 0 Å². The number of benzene rings is 2. The summed E-state index contributed by atoms with van der Waals surface area (Å²) in [6.07, 6.45) is 0. The first kappa shape index (κ1) is 12.9. The molecule has 94 valence electrons. The van der Waals surface area contributed by atoms with Crippen LogP contribution in [-0.2, 0) is 0 Å². The van der Waals surface area contributed by atoms with Gasteiger partial charge in [0.15, 0.2) is 0 Å². The Kier molecular flexibility index (Phi) is 3.84. The van der Waals surface area contributed by atoms with Gasteiger partial charge in [0.2, 0.25) is 0 Å². The van der Waals surface area contributed by atoms with Crippen molar-refractivity contribution in [3.8, 4) is 11.5 Å². The largest absolute Gasteiger partial charge is 0.457 e. The Morgan fingerprint density at radius 1 is 1.22 bits per heavy atom. The molecule has 1 atom stereocenters. The van der Waals surface area contributed by atoms with Gasteiger partial charge in [0.1, 0.15) is 17.3 Å². The molecule has 2 rings (SSSR count). The molecule has 0 saturated heterocycles. The van der Waals surface area contributed by atoms with Crippen molar-refractivity contribution in [2.24, 2.45) is 5.73 Å². The monoisotopic (exact) mass is 265 g/mol. The maximum Gasteiger partial charge on any atom is 0.142 e. The van der Waals surface area contributed by atoms with Crippen molar-refractivity contribution in [3.63, 3.8) is 0 Å². The lowest BCUT2D eigenvalue weighted by Gasteiger charge is -2.13. The van der Waals surface area contributed by atoms with Crippen LogP contribution in [0.15, 0.2) is 42.5 Å². The molecule has 4 heteroatoms. The number of halogens is 2. The van der Waals surface area contributed by atoms with Gasteiger partial charge in [-0.3, -0.25) is 0 Å². The molecule has 0 heterocycles. The Balaban J connectivity index is 2.31. The zero-order chi connectivity index (χ0) is 13.1. The summed E-state index contributed by atoms with van der Waals surface area (Å²) in [4.78, 5) is 0. The fourth-order valence-electron chi connectivity index (χ4n) is 1.62. The number of para-hydroxylation sites is 1. The minimum absolute atomic E-state index is 0.0331. The van der Waals surface area contributed by atoms with Crippen LogP contribution in [0.1, 0.15) is 18.5 Å². The van der Waals surface area contributed by atoms with E-state index < -0.39 is 5.82 Å². The summed E-state index contributed by atoms with van der Waals surface area (Å²) < 4.78 is 18.7. The van der Waals surface area contributed by atoms with E-state index in [4.69, 9.17) is 22.1 Å². The van der Waals surface area contributed by atoms with Gasteiger partial charge >= 0.3 is 0 Å². The van der Waals surface area contributed by atoms with E-state index in [1.54, 1.807) is 0 Å². The lowest BCUT2D eigenvalue weighted by atomic mass is 10.1. The van der Waals surface area contributed by atoms with Crippen molar-refractivity contribution >= 4 is 11.6 Å². The normalized spacial score (nSPS) is 12.2. The van der Waals surface area contributed by atoms with Crippen LogP contribution in [0, 0.1) is 5.82 Å². The molecule has 0 unspecified atom stereocenters. The van der Waals surface area contributed by atoms with E-state index in [0.29, 0.717) is 11.5 Å². The highest BCUT2D eigenvalue weighted by molar-refractivity contribution is 6.30. The second-order valence-electron chi connectivity index (χ2n) is 4.00. The van der Waals surface area contributed by atoms with Gasteiger partial charge in [0.25, 0.3) is 0 Å². The molecule has 0 spiro atoms. The van der Waals surface area contributed by atoms with Crippen LogP contribution >= 0.6 is 11.6 Å². The molecule has 18 heavy (non-hydrogen) atoms. The van der Waals surface area contributed by atoms with Crippen molar-refractivity contribution in [3.05, 3.63) is 58.9 Å². The Labute approximate surface area is 110 Å². The first-order chi connectivity index (χ1) is 8.58. The fourth-order valence-corrected chi connectivity index (χ4v) is 1.79. The zero-order valence-electron chi connectivity index (χ0n) is 9.86. The van der Waals surface area contributed by atoms with Crippen LogP contribution in [0.2, 0.25) is 5.02 Å². The molecule has 2 N–H and O–H groups in total. The lowest BCUT2D eigenvalue weighted by Crippen LogP contribution is -2.06. The summed E-state index contributed by atoms with van der Waals surface area (Å²) >= 11 is 5.70. The molecule has 2 aromatic carbocycles. The quantitative estimate of drug-likeness (QED) is 0.898. The molecule has 0 radical (unpaired) electrons. The first-order valence-electron chi connectivity index (χ1n) is 5.55. The summed E-state index contributed by atoms with van der Waals surface area (Å²) in [6, 6.07) is 11.5. The van der Waals surface area contributed by atoms with Crippen LogP contribution in [0.4, 0.5) is 4.39 Å². The molecule has 0 bridgehead atoms. The molecule has 0 amide bonds. The molecule has 0 fully saturated rings. The summed E-state index contributed by atoms with van der Waals surface area (Å²) in [5.74, 6) is 0.661. The van der Waals surface area contributed by atoms with Gasteiger partial charge in [-0.1, -0.05) is 29.8 Å². The van der Waals surface area contributed by atoms with Gasteiger partial charge < -0.3 is 10.5 Å². The van der Waals surface area contributed by atoms with Crippen molar-refractivity contribution in [1.29, 1.82) is 0 Å². The van der Waals surface area contributed by atoms with Gasteiger partial charge in [0, 0.05) is 17.7 Å². The number of ether oxygens (including phenoxy) is 1. The molecule has 0 aromatic heterocycles. The topological polar surface area (TPSA) is 35.2 Å². The third kappa shape index (κ3) is 2.81. The van der Waals surface area contributed by atoms with E-state index in [-0.39, 0.29) is 11.1 Å². The van der Waals surface area contributed by atoms with Gasteiger partial charge in [0.05, 0.1) is 5.02 Å². The lowest BCUT2D eigenvalue weighted by molar-refractivity contribution is 0.470. The number of hydrogen-bond donors (Lipinski definition) is 1. The maximum absolute atomic E-state index is 13.0. The molecule has 2 nitrogen and oxygen atoms in total. The third-order valence-electron chi connectivity index (χ3n) is 2.53. The molecule has 0 aliphatic carbocycles. The van der Waals surface area contributed by atoms with Crippen molar-refractivity contribution in [1.82, 2.24) is 0 Å². The van der Waals surface area contributed by atoms with Gasteiger partial charge in [-0.15, -0.1) is 0 Å². The zero-order valence-corrected chi connectivity index (χ0v) is 10.6. The Hall–Kier alpha value is -1.58. The number of hydrogen-bond acceptors (Lipinski definition) is 2.